The molecule has 0 unspecified atom stereocenters. The van der Waals surface area contributed by atoms with Crippen molar-refractivity contribution in [2.45, 2.75) is 70.6 Å². The van der Waals surface area contributed by atoms with Crippen LogP contribution in [0, 0.1) is 6.92 Å². The summed E-state index contributed by atoms with van der Waals surface area (Å²) in [5, 5.41) is 0. The number of hydrogen-bond acceptors (Lipinski definition) is 2. The highest BCUT2D eigenvalue weighted by molar-refractivity contribution is 5.27. The van der Waals surface area contributed by atoms with Gasteiger partial charge in [-0.1, -0.05) is 64.0 Å². The Morgan fingerprint density at radius 3 is 1.91 bits per heavy atom. The van der Waals surface area contributed by atoms with E-state index in [0.29, 0.717) is 0 Å². The van der Waals surface area contributed by atoms with Crippen molar-refractivity contribution in [1.82, 2.24) is 0 Å². The Morgan fingerprint density at radius 1 is 0.739 bits per heavy atom. The van der Waals surface area contributed by atoms with E-state index >= 15 is 0 Å². The number of ether oxygens (including phenoxy) is 2. The monoisotopic (exact) mass is 319 g/mol. The lowest BCUT2D eigenvalue weighted by atomic mass is 10.1. The third-order valence-electron chi connectivity index (χ3n) is 4.20. The lowest BCUT2D eigenvalue weighted by Crippen LogP contribution is -1.97. The smallest absolute Gasteiger partial charge is 0.118 e. The van der Waals surface area contributed by atoms with Gasteiger partial charge in [0.05, 0.1) is 7.11 Å². The second-order valence-corrected chi connectivity index (χ2v) is 6.25. The number of rotatable bonds is 15. The molecule has 0 saturated carbocycles. The Labute approximate surface area is 143 Å². The molecule has 0 N–H and O–H groups in total. The molecule has 0 heterocycles. The second-order valence-electron chi connectivity index (χ2n) is 6.25. The van der Waals surface area contributed by atoms with Gasteiger partial charge in [-0.2, -0.15) is 0 Å². The van der Waals surface area contributed by atoms with Gasteiger partial charge in [0.2, 0.25) is 0 Å². The topological polar surface area (TPSA) is 18.5 Å². The maximum Gasteiger partial charge on any atom is 0.118 e. The van der Waals surface area contributed by atoms with Crippen LogP contribution in [0.15, 0.2) is 24.3 Å². The Balaban J connectivity index is 1.82. The van der Waals surface area contributed by atoms with Gasteiger partial charge >= 0.3 is 0 Å². The molecule has 0 fully saturated rings. The third kappa shape index (κ3) is 11.2. The highest BCUT2D eigenvalue weighted by Gasteiger charge is 1.96. The molecule has 0 saturated heterocycles. The van der Waals surface area contributed by atoms with E-state index in [-0.39, 0.29) is 0 Å². The van der Waals surface area contributed by atoms with Gasteiger partial charge in [0, 0.05) is 13.2 Å². The number of aryl methyl sites for hydroxylation is 1. The molecule has 0 amide bonds. The average molecular weight is 320 g/mol. The van der Waals surface area contributed by atoms with Gasteiger partial charge in [-0.3, -0.25) is 0 Å². The fourth-order valence-electron chi connectivity index (χ4n) is 2.69. The van der Waals surface area contributed by atoms with Crippen LogP contribution in [-0.2, 0) is 11.2 Å². The minimum absolute atomic E-state index is 0.938. The van der Waals surface area contributed by atoms with Crippen LogP contribution in [0.4, 0.5) is 0 Å². The molecule has 1 radical (unpaired) electrons. The molecule has 0 bridgehead atoms. The normalized spacial score (nSPS) is 10.9. The molecular formula is C21H35O2. The van der Waals surface area contributed by atoms with E-state index in [1.54, 1.807) is 7.11 Å². The van der Waals surface area contributed by atoms with E-state index in [1.165, 1.54) is 69.8 Å². The summed E-state index contributed by atoms with van der Waals surface area (Å²) in [6.45, 7) is 5.74. The summed E-state index contributed by atoms with van der Waals surface area (Å²) in [5.41, 5.74) is 1.41. The van der Waals surface area contributed by atoms with Crippen LogP contribution in [0.25, 0.3) is 0 Å². The Bertz CT molecular complexity index is 359. The molecule has 1 aromatic carbocycles. The van der Waals surface area contributed by atoms with Crippen molar-refractivity contribution in [3.8, 4) is 5.75 Å². The number of unbranched alkanes of at least 4 members (excludes halogenated alkanes) is 8. The number of benzene rings is 1. The van der Waals surface area contributed by atoms with Gasteiger partial charge in [-0.05, 0) is 43.4 Å². The van der Waals surface area contributed by atoms with Crippen LogP contribution >= 0.6 is 0 Å². The Morgan fingerprint density at radius 2 is 1.30 bits per heavy atom. The number of hydrogen-bond donors (Lipinski definition) is 0. The van der Waals surface area contributed by atoms with Gasteiger partial charge in [-0.15, -0.1) is 0 Å². The molecule has 0 atom stereocenters. The van der Waals surface area contributed by atoms with Gasteiger partial charge in [0.1, 0.15) is 5.75 Å². The first-order valence-corrected chi connectivity index (χ1v) is 9.36. The van der Waals surface area contributed by atoms with Crippen LogP contribution in [0.3, 0.4) is 0 Å². The minimum atomic E-state index is 0.938. The molecule has 0 aromatic heterocycles. The Kier molecular flexibility index (Phi) is 12.7. The van der Waals surface area contributed by atoms with Gasteiger partial charge in [0.15, 0.2) is 0 Å². The van der Waals surface area contributed by atoms with E-state index < -0.39 is 0 Å². The van der Waals surface area contributed by atoms with Crippen LogP contribution in [-0.4, -0.2) is 20.3 Å². The van der Waals surface area contributed by atoms with Crippen molar-refractivity contribution >= 4 is 0 Å². The predicted molar refractivity (Wildman–Crippen MR) is 99.0 cm³/mol. The van der Waals surface area contributed by atoms with Crippen molar-refractivity contribution in [2.24, 2.45) is 0 Å². The van der Waals surface area contributed by atoms with Gasteiger partial charge in [-0.25, -0.2) is 0 Å². The molecule has 2 nitrogen and oxygen atoms in total. The van der Waals surface area contributed by atoms with Crippen LogP contribution in [0.1, 0.15) is 69.8 Å². The predicted octanol–water partition coefficient (Wildman–Crippen LogP) is 5.99. The molecule has 0 spiro atoms. The first-order chi connectivity index (χ1) is 11.4. The van der Waals surface area contributed by atoms with Crippen molar-refractivity contribution in [3.05, 3.63) is 36.8 Å². The fourth-order valence-corrected chi connectivity index (χ4v) is 2.69. The van der Waals surface area contributed by atoms with E-state index in [4.69, 9.17) is 9.47 Å². The lowest BCUT2D eigenvalue weighted by Gasteiger charge is -2.05. The molecule has 1 aromatic rings. The molecule has 0 aliphatic carbocycles. The maximum absolute atomic E-state index is 5.68. The van der Waals surface area contributed by atoms with E-state index in [0.717, 1.165) is 25.4 Å². The quantitative estimate of drug-likeness (QED) is 0.370. The molecule has 0 aliphatic rings. The van der Waals surface area contributed by atoms with E-state index in [9.17, 15) is 0 Å². The van der Waals surface area contributed by atoms with Crippen LogP contribution < -0.4 is 4.74 Å². The van der Waals surface area contributed by atoms with Crippen molar-refractivity contribution in [3.63, 3.8) is 0 Å². The summed E-state index contributed by atoms with van der Waals surface area (Å²) in [5.74, 6) is 0.941. The van der Waals surface area contributed by atoms with E-state index in [1.807, 2.05) is 12.1 Å². The summed E-state index contributed by atoms with van der Waals surface area (Å²) >= 11 is 0. The van der Waals surface area contributed by atoms with Crippen LogP contribution in [0.2, 0.25) is 0 Å². The molecule has 131 valence electrons. The maximum atomic E-state index is 5.68. The summed E-state index contributed by atoms with van der Waals surface area (Å²) in [6.07, 6.45) is 13.7. The lowest BCUT2D eigenvalue weighted by molar-refractivity contribution is 0.125. The third-order valence-corrected chi connectivity index (χ3v) is 4.20. The van der Waals surface area contributed by atoms with Crippen molar-refractivity contribution in [1.29, 1.82) is 0 Å². The summed E-state index contributed by atoms with van der Waals surface area (Å²) in [4.78, 5) is 0. The summed E-state index contributed by atoms with van der Waals surface area (Å²) in [6, 6.07) is 8.44. The van der Waals surface area contributed by atoms with E-state index in [2.05, 4.69) is 19.1 Å². The molecule has 0 aliphatic heterocycles. The standard InChI is InChI=1S/C21H35O2/c1-3-4-5-8-11-18-23-19-12-9-6-7-10-13-20-14-16-21(22-2)17-15-20/h14-17H,1,3-13,18-19H2,2H3. The average Bonchev–Trinajstić information content (AvgIpc) is 2.59. The molecule has 1 rings (SSSR count). The SMILES string of the molecule is [CH2]CCCCCCOCCCCCCCc1ccc(OC)cc1. The summed E-state index contributed by atoms with van der Waals surface area (Å²) in [7, 11) is 1.71. The van der Waals surface area contributed by atoms with Crippen LogP contribution in [0.5, 0.6) is 5.75 Å². The number of methoxy groups -OCH3 is 1. The highest BCUT2D eigenvalue weighted by atomic mass is 16.5. The van der Waals surface area contributed by atoms with Crippen molar-refractivity contribution < 1.29 is 9.47 Å². The first kappa shape index (κ1) is 20.0. The Hall–Kier alpha value is -1.02. The first-order valence-electron chi connectivity index (χ1n) is 9.36. The highest BCUT2D eigenvalue weighted by Crippen LogP contribution is 2.14. The fraction of sp³-hybridized carbons (Fsp3) is 0.667. The molecule has 2 heteroatoms. The van der Waals surface area contributed by atoms with Gasteiger partial charge < -0.3 is 9.47 Å². The minimum Gasteiger partial charge on any atom is -0.497 e. The molecule has 23 heavy (non-hydrogen) atoms. The summed E-state index contributed by atoms with van der Waals surface area (Å²) < 4.78 is 10.9. The zero-order chi connectivity index (χ0) is 16.6. The zero-order valence-electron chi connectivity index (χ0n) is 15.0. The van der Waals surface area contributed by atoms with Crippen molar-refractivity contribution in [2.75, 3.05) is 20.3 Å². The van der Waals surface area contributed by atoms with Gasteiger partial charge in [0.25, 0.3) is 0 Å². The zero-order valence-corrected chi connectivity index (χ0v) is 15.0. The second kappa shape index (κ2) is 14.6. The largest absolute Gasteiger partial charge is 0.497 e. The molecular weight excluding hydrogens is 284 g/mol.